The van der Waals surface area contributed by atoms with Crippen molar-refractivity contribution >= 4 is 28.0 Å². The molecule has 0 N–H and O–H groups in total. The van der Waals surface area contributed by atoms with Crippen LogP contribution in [0.15, 0.2) is 60.2 Å². The van der Waals surface area contributed by atoms with Crippen molar-refractivity contribution in [1.29, 1.82) is 0 Å². The van der Waals surface area contributed by atoms with Crippen molar-refractivity contribution in [3.05, 3.63) is 76.5 Å². The topological polar surface area (TPSA) is 9.86 Å². The molecule has 4 heteroatoms. The lowest BCUT2D eigenvalue weighted by molar-refractivity contribution is 0.696. The molecule has 1 aliphatic heterocycles. The first-order chi connectivity index (χ1) is 10.7. The van der Waals surface area contributed by atoms with Crippen LogP contribution < -0.4 is 0 Å². The summed E-state index contributed by atoms with van der Waals surface area (Å²) >= 11 is 3.84. The van der Waals surface area contributed by atoms with Crippen molar-refractivity contribution < 1.29 is 0 Å². The first kappa shape index (κ1) is 14.0. The fourth-order valence-electron chi connectivity index (χ4n) is 3.20. The van der Waals surface area contributed by atoms with Crippen LogP contribution in [0.3, 0.4) is 0 Å². The molecule has 3 aromatic heterocycles. The van der Waals surface area contributed by atoms with Gasteiger partial charge < -0.3 is 9.13 Å². The Morgan fingerprint density at radius 2 is 1.82 bits per heavy atom. The lowest BCUT2D eigenvalue weighted by atomic mass is 9.98. The molecule has 3 aromatic rings. The normalized spacial score (nSPS) is 21.3. The molecule has 4 heterocycles. The summed E-state index contributed by atoms with van der Waals surface area (Å²) in [7, 11) is 4.26. The zero-order chi connectivity index (χ0) is 15.2. The lowest BCUT2D eigenvalue weighted by Crippen LogP contribution is -2.22. The molecule has 0 aromatic carbocycles. The quantitative estimate of drug-likeness (QED) is 0.669. The largest absolute Gasteiger partial charge is 0.353 e. The van der Waals surface area contributed by atoms with Crippen LogP contribution in [0.1, 0.15) is 22.7 Å². The molecule has 0 saturated heterocycles. The van der Waals surface area contributed by atoms with Crippen molar-refractivity contribution in [1.82, 2.24) is 9.13 Å². The monoisotopic (exact) mass is 326 g/mol. The summed E-state index contributed by atoms with van der Waals surface area (Å²) in [5.74, 6) is 0. The van der Waals surface area contributed by atoms with Gasteiger partial charge in [0, 0.05) is 42.0 Å². The minimum atomic E-state index is 0.00597. The van der Waals surface area contributed by atoms with Gasteiger partial charge in [0.1, 0.15) is 0 Å². The van der Waals surface area contributed by atoms with Gasteiger partial charge in [-0.1, -0.05) is 12.1 Å². The third-order valence-corrected chi connectivity index (χ3v) is 7.03. The van der Waals surface area contributed by atoms with E-state index in [1.54, 1.807) is 0 Å². The summed E-state index contributed by atoms with van der Waals surface area (Å²) in [4.78, 5) is 2.81. The highest BCUT2D eigenvalue weighted by Crippen LogP contribution is 2.57. The Morgan fingerprint density at radius 3 is 2.45 bits per heavy atom. The van der Waals surface area contributed by atoms with E-state index in [-0.39, 0.29) is 4.75 Å². The Kier molecular flexibility index (Phi) is 3.31. The van der Waals surface area contributed by atoms with Crippen molar-refractivity contribution in [3.63, 3.8) is 0 Å². The predicted octanol–water partition coefficient (Wildman–Crippen LogP) is 4.85. The number of aromatic nitrogens is 2. The summed E-state index contributed by atoms with van der Waals surface area (Å²) in [5, 5.41) is 2.18. The predicted molar refractivity (Wildman–Crippen MR) is 96.1 cm³/mol. The molecule has 2 nitrogen and oxygen atoms in total. The molecule has 1 unspecified atom stereocenters. The first-order valence-corrected chi connectivity index (χ1v) is 9.07. The molecular formula is C18H18N2S2. The molecule has 0 bridgehead atoms. The van der Waals surface area contributed by atoms with Crippen LogP contribution in [0.5, 0.6) is 0 Å². The van der Waals surface area contributed by atoms with E-state index in [9.17, 15) is 0 Å². The molecule has 0 spiro atoms. The average molecular weight is 326 g/mol. The number of hydrogen-bond donors (Lipinski definition) is 0. The molecule has 0 aliphatic carbocycles. The van der Waals surface area contributed by atoms with E-state index in [4.69, 9.17) is 0 Å². The van der Waals surface area contributed by atoms with Crippen molar-refractivity contribution in [2.24, 2.45) is 14.1 Å². The maximum atomic E-state index is 2.40. The van der Waals surface area contributed by atoms with Gasteiger partial charge in [-0.15, -0.1) is 23.1 Å². The van der Waals surface area contributed by atoms with Gasteiger partial charge in [-0.05, 0) is 42.1 Å². The van der Waals surface area contributed by atoms with Gasteiger partial charge in [0.25, 0.3) is 0 Å². The van der Waals surface area contributed by atoms with E-state index in [0.29, 0.717) is 0 Å². The zero-order valence-corrected chi connectivity index (χ0v) is 14.3. The fraction of sp³-hybridized carbons (Fsp3) is 0.222. The molecule has 0 amide bonds. The van der Waals surface area contributed by atoms with Gasteiger partial charge in [-0.2, -0.15) is 0 Å². The molecule has 4 rings (SSSR count). The summed E-state index contributed by atoms with van der Waals surface area (Å²) in [6.07, 6.45) is 7.69. The summed E-state index contributed by atoms with van der Waals surface area (Å²) < 4.78 is 4.47. The van der Waals surface area contributed by atoms with Gasteiger partial charge >= 0.3 is 0 Å². The molecule has 0 radical (unpaired) electrons. The average Bonchev–Trinajstić information content (AvgIpc) is 3.24. The standard InChI is InChI=1S/C18H18N2S2/c1-19-11-3-6-14(19)15-9-10-18(22-15,17-8-5-13-21-17)16-7-4-12-20(16)2/h3-9,11-13H,10H2,1-2H3. The maximum absolute atomic E-state index is 2.40. The Hall–Kier alpha value is -1.65. The van der Waals surface area contributed by atoms with Gasteiger partial charge in [0.15, 0.2) is 0 Å². The second-order valence-corrected chi connectivity index (χ2v) is 7.98. The highest BCUT2D eigenvalue weighted by atomic mass is 32.2. The smallest absolute Gasteiger partial charge is 0.0982 e. The Balaban J connectivity index is 1.80. The highest BCUT2D eigenvalue weighted by molar-refractivity contribution is 8.09. The van der Waals surface area contributed by atoms with E-state index in [1.807, 2.05) is 23.1 Å². The van der Waals surface area contributed by atoms with E-state index in [1.165, 1.54) is 21.2 Å². The molecular weight excluding hydrogens is 308 g/mol. The fourth-order valence-corrected chi connectivity index (χ4v) is 5.82. The minimum absolute atomic E-state index is 0.00597. The molecule has 1 atom stereocenters. The van der Waals surface area contributed by atoms with E-state index in [0.717, 1.165) is 6.42 Å². The van der Waals surface area contributed by atoms with Crippen LogP contribution in [-0.4, -0.2) is 9.13 Å². The van der Waals surface area contributed by atoms with Crippen LogP contribution in [0.2, 0.25) is 0 Å². The lowest BCUT2D eigenvalue weighted by Gasteiger charge is -2.29. The van der Waals surface area contributed by atoms with Gasteiger partial charge in [-0.25, -0.2) is 0 Å². The second-order valence-electron chi connectivity index (χ2n) is 5.69. The van der Waals surface area contributed by atoms with Crippen molar-refractivity contribution in [3.8, 4) is 0 Å². The number of thioether (sulfide) groups is 1. The second kappa shape index (κ2) is 5.21. The number of aryl methyl sites for hydroxylation is 2. The summed E-state index contributed by atoms with van der Waals surface area (Å²) in [5.41, 5.74) is 2.68. The van der Waals surface area contributed by atoms with E-state index >= 15 is 0 Å². The minimum Gasteiger partial charge on any atom is -0.353 e. The summed E-state index contributed by atoms with van der Waals surface area (Å²) in [6.45, 7) is 0. The first-order valence-electron chi connectivity index (χ1n) is 7.37. The van der Waals surface area contributed by atoms with Crippen LogP contribution in [-0.2, 0) is 18.8 Å². The Bertz CT molecular complexity index is 823. The third kappa shape index (κ3) is 2.02. The molecule has 0 saturated carbocycles. The number of rotatable bonds is 3. The SMILES string of the molecule is Cn1cccc1C1=CCC(c2cccs2)(c2cccn2C)S1. The third-order valence-electron chi connectivity index (χ3n) is 4.33. The molecule has 1 aliphatic rings. The zero-order valence-electron chi connectivity index (χ0n) is 12.7. The van der Waals surface area contributed by atoms with E-state index in [2.05, 4.69) is 83.5 Å². The van der Waals surface area contributed by atoms with Crippen LogP contribution in [0.4, 0.5) is 0 Å². The molecule has 0 fully saturated rings. The number of hydrogen-bond acceptors (Lipinski definition) is 2. The van der Waals surface area contributed by atoms with Crippen LogP contribution in [0.25, 0.3) is 4.91 Å². The van der Waals surface area contributed by atoms with Crippen LogP contribution >= 0.6 is 23.1 Å². The Morgan fingerprint density at radius 1 is 1.00 bits per heavy atom. The molecule has 112 valence electrons. The van der Waals surface area contributed by atoms with Gasteiger partial charge in [-0.3, -0.25) is 0 Å². The molecule has 22 heavy (non-hydrogen) atoms. The summed E-state index contributed by atoms with van der Waals surface area (Å²) in [6, 6.07) is 13.1. The highest BCUT2D eigenvalue weighted by Gasteiger charge is 2.42. The van der Waals surface area contributed by atoms with Gasteiger partial charge in [0.2, 0.25) is 0 Å². The van der Waals surface area contributed by atoms with Crippen molar-refractivity contribution in [2.45, 2.75) is 11.2 Å². The Labute approximate surface area is 139 Å². The maximum Gasteiger partial charge on any atom is 0.0982 e. The van der Waals surface area contributed by atoms with Gasteiger partial charge in [0.05, 0.1) is 10.4 Å². The van der Waals surface area contributed by atoms with E-state index < -0.39 is 0 Å². The number of allylic oxidation sites excluding steroid dienone is 1. The number of thiophene rings is 1. The van der Waals surface area contributed by atoms with Crippen LogP contribution in [0, 0.1) is 0 Å². The number of nitrogens with zero attached hydrogens (tertiary/aromatic N) is 2. The van der Waals surface area contributed by atoms with Crippen molar-refractivity contribution in [2.75, 3.05) is 0 Å².